The van der Waals surface area contributed by atoms with Crippen LogP contribution in [0.1, 0.15) is 187 Å². The van der Waals surface area contributed by atoms with Crippen molar-refractivity contribution in [3.8, 4) is 0 Å². The number of nitrogens with zero attached hydrogens (tertiary/aromatic N) is 1. The standard InChI is InChI=1S/C52H89NO7/c1-6-8-10-12-14-16-18-20-21-22-23-24-25-26-27-28-29-31-33-35-37-39-41-43-51(55)60-48(46-58-45-44-49(52(56)57)53(3,4)5)47-59-50(54)42-40-38-36-34-32-30-19-17-15-13-11-9-7-2/h8,10,14,16,20-21,23-24,26-27,30,32,48-49H,6-7,9,11-13,15,17-19,22,25,28-29,31,33-47H2,1-5H3/b10-8+,16-14+,21-20+,24-23+,27-26+,32-30+. The summed E-state index contributed by atoms with van der Waals surface area (Å²) in [6, 6.07) is -0.733. The highest BCUT2D eigenvalue weighted by atomic mass is 16.6. The Morgan fingerprint density at radius 1 is 0.517 bits per heavy atom. The van der Waals surface area contributed by atoms with Gasteiger partial charge in [-0.1, -0.05) is 157 Å². The van der Waals surface area contributed by atoms with Gasteiger partial charge in [-0.2, -0.15) is 0 Å². The van der Waals surface area contributed by atoms with E-state index in [9.17, 15) is 19.5 Å². The molecule has 0 N–H and O–H groups in total. The van der Waals surface area contributed by atoms with E-state index in [1.54, 1.807) is 21.1 Å². The Morgan fingerprint density at radius 3 is 1.42 bits per heavy atom. The summed E-state index contributed by atoms with van der Waals surface area (Å²) in [7, 11) is 5.40. The third kappa shape index (κ3) is 40.2. The van der Waals surface area contributed by atoms with Crippen LogP contribution < -0.4 is 5.11 Å². The van der Waals surface area contributed by atoms with Crippen molar-refractivity contribution in [1.82, 2.24) is 0 Å². The number of carboxylic acids is 1. The molecule has 60 heavy (non-hydrogen) atoms. The third-order valence-corrected chi connectivity index (χ3v) is 10.3. The largest absolute Gasteiger partial charge is 0.544 e. The van der Waals surface area contributed by atoms with E-state index in [-0.39, 0.29) is 42.7 Å². The number of rotatable bonds is 42. The van der Waals surface area contributed by atoms with Crippen LogP contribution in [-0.2, 0) is 28.6 Å². The number of quaternary nitrogens is 1. The van der Waals surface area contributed by atoms with Gasteiger partial charge in [0.05, 0.1) is 40.3 Å². The van der Waals surface area contributed by atoms with Crippen LogP contribution in [-0.4, -0.2) is 75.5 Å². The second kappa shape index (κ2) is 42.5. The van der Waals surface area contributed by atoms with Crippen molar-refractivity contribution in [3.63, 3.8) is 0 Å². The number of carbonyl (C=O) groups is 3. The molecule has 0 amide bonds. The van der Waals surface area contributed by atoms with Gasteiger partial charge in [-0.05, 0) is 83.5 Å². The van der Waals surface area contributed by atoms with Crippen LogP contribution in [0.15, 0.2) is 72.9 Å². The Labute approximate surface area is 368 Å². The molecule has 0 saturated carbocycles. The Bertz CT molecular complexity index is 1210. The molecule has 0 bridgehead atoms. The molecule has 0 aromatic heterocycles. The molecule has 0 spiro atoms. The zero-order valence-corrected chi connectivity index (χ0v) is 39.1. The molecule has 0 aromatic rings. The summed E-state index contributed by atoms with van der Waals surface area (Å²) in [5.41, 5.74) is 0. The number of unbranched alkanes of at least 4 members (excludes halogenated alkanes) is 16. The smallest absolute Gasteiger partial charge is 0.306 e. The highest BCUT2D eigenvalue weighted by Crippen LogP contribution is 2.13. The summed E-state index contributed by atoms with van der Waals surface area (Å²) in [6.07, 6.45) is 53.5. The van der Waals surface area contributed by atoms with Crippen molar-refractivity contribution < 1.29 is 38.2 Å². The van der Waals surface area contributed by atoms with Crippen LogP contribution in [0.5, 0.6) is 0 Å². The molecule has 0 radical (unpaired) electrons. The number of aliphatic carboxylic acids is 1. The lowest BCUT2D eigenvalue weighted by Crippen LogP contribution is -2.55. The average molecular weight is 840 g/mol. The molecule has 2 atom stereocenters. The van der Waals surface area contributed by atoms with Gasteiger partial charge in [0, 0.05) is 19.3 Å². The first-order valence-electron chi connectivity index (χ1n) is 24.0. The summed E-state index contributed by atoms with van der Waals surface area (Å²) in [5, 5.41) is 11.6. The molecule has 0 rings (SSSR count). The molecular weight excluding hydrogens is 751 g/mol. The fourth-order valence-electron chi connectivity index (χ4n) is 6.62. The number of hydrogen-bond acceptors (Lipinski definition) is 7. The fourth-order valence-corrected chi connectivity index (χ4v) is 6.62. The topological polar surface area (TPSA) is 102 Å². The number of ether oxygens (including phenoxy) is 3. The number of carbonyl (C=O) groups excluding carboxylic acids is 3. The van der Waals surface area contributed by atoms with E-state index in [0.717, 1.165) is 96.3 Å². The van der Waals surface area contributed by atoms with E-state index < -0.39 is 18.1 Å². The molecule has 2 unspecified atom stereocenters. The minimum atomic E-state index is -1.13. The maximum atomic E-state index is 12.8. The first-order chi connectivity index (χ1) is 29.1. The van der Waals surface area contributed by atoms with Gasteiger partial charge >= 0.3 is 11.9 Å². The normalized spacial score (nSPS) is 13.6. The first-order valence-corrected chi connectivity index (χ1v) is 24.0. The van der Waals surface area contributed by atoms with Gasteiger partial charge in [0.1, 0.15) is 12.6 Å². The average Bonchev–Trinajstić information content (AvgIpc) is 3.21. The SMILES string of the molecule is CC/C=C/C/C=C/C/C=C/C/C=C/C/C=C/CCCCCCCCCC(=O)OC(COCCC(C(=O)[O-])[N+](C)(C)C)COC(=O)CCCCC/C=C/CCCCCCCC. The van der Waals surface area contributed by atoms with Crippen molar-refractivity contribution in [2.24, 2.45) is 0 Å². The van der Waals surface area contributed by atoms with Crippen molar-refractivity contribution in [1.29, 1.82) is 0 Å². The van der Waals surface area contributed by atoms with Crippen molar-refractivity contribution in [2.75, 3.05) is 41.0 Å². The van der Waals surface area contributed by atoms with Crippen molar-refractivity contribution in [2.45, 2.75) is 199 Å². The van der Waals surface area contributed by atoms with Crippen LogP contribution in [0.25, 0.3) is 0 Å². The maximum Gasteiger partial charge on any atom is 0.306 e. The molecule has 0 saturated heterocycles. The number of likely N-dealkylation sites (N-methyl/N-ethyl adjacent to an activating group) is 1. The van der Waals surface area contributed by atoms with Crippen LogP contribution >= 0.6 is 0 Å². The zero-order valence-electron chi connectivity index (χ0n) is 39.1. The fraction of sp³-hybridized carbons (Fsp3) is 0.712. The molecule has 0 aliphatic rings. The minimum Gasteiger partial charge on any atom is -0.544 e. The Hall–Kier alpha value is -3.23. The molecule has 8 nitrogen and oxygen atoms in total. The van der Waals surface area contributed by atoms with Crippen molar-refractivity contribution in [3.05, 3.63) is 72.9 Å². The lowest BCUT2D eigenvalue weighted by Gasteiger charge is -2.34. The number of allylic oxidation sites excluding steroid dienone is 12. The molecule has 0 aromatic carbocycles. The molecule has 8 heteroatoms. The maximum absolute atomic E-state index is 12.8. The van der Waals surface area contributed by atoms with E-state index in [2.05, 4.69) is 86.8 Å². The van der Waals surface area contributed by atoms with E-state index >= 15 is 0 Å². The van der Waals surface area contributed by atoms with E-state index in [4.69, 9.17) is 14.2 Å². The molecule has 0 heterocycles. The second-order valence-corrected chi connectivity index (χ2v) is 17.0. The number of carboxylic acid groups (broad SMARTS) is 1. The minimum absolute atomic E-state index is 0.0284. The quantitative estimate of drug-likeness (QED) is 0.0261. The number of hydrogen-bond donors (Lipinski definition) is 0. The van der Waals surface area contributed by atoms with Gasteiger partial charge in [-0.15, -0.1) is 0 Å². The lowest BCUT2D eigenvalue weighted by molar-refractivity contribution is -0.889. The van der Waals surface area contributed by atoms with Crippen molar-refractivity contribution >= 4 is 17.9 Å². The highest BCUT2D eigenvalue weighted by molar-refractivity contribution is 5.70. The summed E-state index contributed by atoms with van der Waals surface area (Å²) in [6.45, 7) is 4.51. The van der Waals surface area contributed by atoms with Crippen LogP contribution in [0.2, 0.25) is 0 Å². The molecule has 344 valence electrons. The first kappa shape index (κ1) is 56.8. The van der Waals surface area contributed by atoms with E-state index in [1.165, 1.54) is 57.8 Å². The predicted molar refractivity (Wildman–Crippen MR) is 249 cm³/mol. The Kier molecular flexibility index (Phi) is 40.2. The second-order valence-electron chi connectivity index (χ2n) is 17.0. The molecule has 0 fully saturated rings. The van der Waals surface area contributed by atoms with Gasteiger partial charge in [-0.3, -0.25) is 9.59 Å². The summed E-state index contributed by atoms with van der Waals surface area (Å²) < 4.78 is 17.2. The van der Waals surface area contributed by atoms with E-state index in [1.807, 2.05) is 0 Å². The van der Waals surface area contributed by atoms with Gasteiger partial charge in [0.2, 0.25) is 0 Å². The van der Waals surface area contributed by atoms with Gasteiger partial charge in [-0.25, -0.2) is 0 Å². The predicted octanol–water partition coefficient (Wildman–Crippen LogP) is 12.2. The highest BCUT2D eigenvalue weighted by Gasteiger charge is 2.25. The van der Waals surface area contributed by atoms with Gasteiger partial charge < -0.3 is 28.6 Å². The van der Waals surface area contributed by atoms with Crippen LogP contribution in [0, 0.1) is 0 Å². The zero-order chi connectivity index (χ0) is 44.2. The van der Waals surface area contributed by atoms with Crippen LogP contribution in [0.4, 0.5) is 0 Å². The number of esters is 2. The lowest BCUT2D eigenvalue weighted by atomic mass is 10.1. The molecular formula is C52H89NO7. The Morgan fingerprint density at radius 2 is 0.933 bits per heavy atom. The van der Waals surface area contributed by atoms with Crippen LogP contribution in [0.3, 0.4) is 0 Å². The molecule has 0 aliphatic heterocycles. The summed E-state index contributed by atoms with van der Waals surface area (Å²) in [5.74, 6) is -1.77. The third-order valence-electron chi connectivity index (χ3n) is 10.3. The summed E-state index contributed by atoms with van der Waals surface area (Å²) >= 11 is 0. The van der Waals surface area contributed by atoms with E-state index in [0.29, 0.717) is 12.8 Å². The van der Waals surface area contributed by atoms with Gasteiger partial charge in [0.15, 0.2) is 6.10 Å². The summed E-state index contributed by atoms with van der Waals surface area (Å²) in [4.78, 5) is 36.9. The Balaban J connectivity index is 4.32. The molecule has 0 aliphatic carbocycles. The van der Waals surface area contributed by atoms with Gasteiger partial charge in [0.25, 0.3) is 0 Å². The monoisotopic (exact) mass is 840 g/mol.